The first-order valence-electron chi connectivity index (χ1n) is 11.4. The summed E-state index contributed by atoms with van der Waals surface area (Å²) in [6.45, 7) is 0.269. The Morgan fingerprint density at radius 3 is 2.57 bits per heavy atom. The number of nitrogens with zero attached hydrogens (tertiary/aromatic N) is 4. The van der Waals surface area contributed by atoms with Crippen LogP contribution in [0.2, 0.25) is 0 Å². The van der Waals surface area contributed by atoms with E-state index < -0.39 is 34.7 Å². The minimum absolute atomic E-state index is 0.159. The third-order valence-electron chi connectivity index (χ3n) is 6.68. The van der Waals surface area contributed by atoms with E-state index in [2.05, 4.69) is 28.6 Å². The Bertz CT molecular complexity index is 1410. The molecule has 1 aliphatic carbocycles. The van der Waals surface area contributed by atoms with Crippen LogP contribution in [0.3, 0.4) is 0 Å². The molecule has 0 atom stereocenters. The molecule has 7 nitrogen and oxygen atoms in total. The zero-order chi connectivity index (χ0) is 24.7. The highest BCUT2D eigenvalue weighted by molar-refractivity contribution is 5.94. The van der Waals surface area contributed by atoms with Crippen LogP contribution in [0.5, 0.6) is 5.75 Å². The topological polar surface area (TPSA) is 85.0 Å². The van der Waals surface area contributed by atoms with Gasteiger partial charge in [-0.2, -0.15) is 14.6 Å². The summed E-state index contributed by atoms with van der Waals surface area (Å²) in [5, 5.41) is 21.8. The minimum Gasteiger partial charge on any atom is -0.503 e. The lowest BCUT2D eigenvalue weighted by atomic mass is 9.86. The van der Waals surface area contributed by atoms with Crippen LogP contribution in [-0.4, -0.2) is 37.1 Å². The predicted octanol–water partition coefficient (Wildman–Crippen LogP) is 4.72. The van der Waals surface area contributed by atoms with Crippen LogP contribution in [0.15, 0.2) is 42.9 Å². The molecule has 1 amide bonds. The molecule has 4 aromatic rings. The van der Waals surface area contributed by atoms with Crippen molar-refractivity contribution in [2.24, 2.45) is 13.0 Å². The molecule has 1 saturated carbocycles. The van der Waals surface area contributed by atoms with Gasteiger partial charge < -0.3 is 10.4 Å². The number of hydrogen-bond donors (Lipinski definition) is 2. The van der Waals surface area contributed by atoms with Crippen LogP contribution in [0.25, 0.3) is 22.0 Å². The van der Waals surface area contributed by atoms with Gasteiger partial charge in [0.15, 0.2) is 17.4 Å². The van der Waals surface area contributed by atoms with Crippen LogP contribution < -0.4 is 5.32 Å². The van der Waals surface area contributed by atoms with Crippen molar-refractivity contribution in [1.29, 1.82) is 0 Å². The Morgan fingerprint density at radius 2 is 1.86 bits per heavy atom. The number of aromatic nitrogens is 4. The van der Waals surface area contributed by atoms with E-state index in [1.807, 2.05) is 30.3 Å². The number of carbonyl (C=O) groups is 1. The van der Waals surface area contributed by atoms with Crippen molar-refractivity contribution < 1.29 is 23.1 Å². The number of amides is 1. The Hall–Kier alpha value is -3.82. The number of aryl methyl sites for hydroxylation is 1. The number of carbonyl (C=O) groups excluding carboxylic acids is 1. The average Bonchev–Trinajstić information content (AvgIpc) is 3.49. The molecule has 1 fully saturated rings. The monoisotopic (exact) mass is 483 g/mol. The number of fused-ring (bicyclic) bond motifs is 1. The summed E-state index contributed by atoms with van der Waals surface area (Å²) in [6.07, 6.45) is 9.20. The largest absolute Gasteiger partial charge is 0.503 e. The summed E-state index contributed by atoms with van der Waals surface area (Å²) in [6, 6.07) is 6.89. The van der Waals surface area contributed by atoms with E-state index in [9.17, 15) is 18.0 Å². The van der Waals surface area contributed by atoms with Crippen LogP contribution in [0, 0.1) is 23.4 Å². The highest BCUT2D eigenvalue weighted by atomic mass is 19.2. The molecule has 2 N–H and O–H groups in total. The second kappa shape index (κ2) is 9.09. The van der Waals surface area contributed by atoms with Crippen molar-refractivity contribution in [3.8, 4) is 16.9 Å². The highest BCUT2D eigenvalue weighted by Crippen LogP contribution is 2.33. The molecular formula is C25H24F3N5O2. The number of halogens is 3. The average molecular weight is 483 g/mol. The van der Waals surface area contributed by atoms with Gasteiger partial charge in [-0.1, -0.05) is 12.1 Å². The summed E-state index contributed by atoms with van der Waals surface area (Å²) >= 11 is 0. The molecule has 0 spiro atoms. The third kappa shape index (κ3) is 4.48. The quantitative estimate of drug-likeness (QED) is 0.402. The lowest BCUT2D eigenvalue weighted by molar-refractivity contribution is 0.0935. The number of phenols is 1. The third-order valence-corrected chi connectivity index (χ3v) is 6.68. The molecule has 2 aromatic heterocycles. The van der Waals surface area contributed by atoms with Crippen molar-refractivity contribution in [3.05, 3.63) is 65.9 Å². The van der Waals surface area contributed by atoms with Gasteiger partial charge in [-0.25, -0.2) is 8.78 Å². The molecule has 1 aliphatic rings. The lowest BCUT2D eigenvalue weighted by Gasteiger charge is -2.28. The first kappa shape index (κ1) is 22.9. The van der Waals surface area contributed by atoms with Crippen LogP contribution in [0.4, 0.5) is 13.2 Å². The van der Waals surface area contributed by atoms with E-state index in [-0.39, 0.29) is 18.5 Å². The Kier molecular flexibility index (Phi) is 5.96. The minimum atomic E-state index is -1.77. The number of hydrogen-bond acceptors (Lipinski definition) is 4. The maximum atomic E-state index is 13.9. The van der Waals surface area contributed by atoms with Gasteiger partial charge in [0.05, 0.1) is 23.3 Å². The van der Waals surface area contributed by atoms with E-state index >= 15 is 0 Å². The molecule has 2 heterocycles. The van der Waals surface area contributed by atoms with Crippen molar-refractivity contribution in [3.63, 3.8) is 0 Å². The second-order valence-electron chi connectivity index (χ2n) is 9.05. The number of benzene rings is 2. The van der Waals surface area contributed by atoms with Crippen molar-refractivity contribution in [1.82, 2.24) is 24.9 Å². The molecule has 0 aliphatic heterocycles. The number of rotatable bonds is 5. The molecule has 182 valence electrons. The lowest BCUT2D eigenvalue weighted by Crippen LogP contribution is -2.32. The second-order valence-corrected chi connectivity index (χ2v) is 9.05. The molecule has 0 saturated heterocycles. The van der Waals surface area contributed by atoms with Crippen LogP contribution >= 0.6 is 0 Å². The fourth-order valence-corrected chi connectivity index (χ4v) is 4.67. The van der Waals surface area contributed by atoms with Gasteiger partial charge in [0.25, 0.3) is 5.91 Å². The van der Waals surface area contributed by atoms with E-state index in [1.165, 1.54) is 0 Å². The van der Waals surface area contributed by atoms with Crippen LogP contribution in [-0.2, 0) is 7.05 Å². The number of phenolic OH excluding ortho intramolecular Hbond substituents is 1. The van der Waals surface area contributed by atoms with Crippen molar-refractivity contribution in [2.75, 3.05) is 6.54 Å². The maximum absolute atomic E-state index is 13.9. The van der Waals surface area contributed by atoms with Crippen molar-refractivity contribution in [2.45, 2.75) is 31.7 Å². The molecule has 0 bridgehead atoms. The van der Waals surface area contributed by atoms with Crippen molar-refractivity contribution >= 4 is 16.8 Å². The summed E-state index contributed by atoms with van der Waals surface area (Å²) in [5.74, 6) is -6.90. The van der Waals surface area contributed by atoms with Gasteiger partial charge in [0.1, 0.15) is 0 Å². The van der Waals surface area contributed by atoms with E-state index in [0.29, 0.717) is 6.07 Å². The zero-order valence-electron chi connectivity index (χ0n) is 19.0. The smallest absolute Gasteiger partial charge is 0.254 e. The molecule has 35 heavy (non-hydrogen) atoms. The number of nitrogens with one attached hydrogen (secondary N) is 1. The van der Waals surface area contributed by atoms with Gasteiger partial charge in [0, 0.05) is 36.9 Å². The van der Waals surface area contributed by atoms with Gasteiger partial charge in [-0.05, 0) is 49.3 Å². The van der Waals surface area contributed by atoms with Gasteiger partial charge >= 0.3 is 0 Å². The summed E-state index contributed by atoms with van der Waals surface area (Å²) in [4.78, 5) is 12.3. The SMILES string of the molecule is Cn1cc(-c2ccc3cn([C@H]4CC[C@H](CNC(=O)c5cc(F)c(O)c(F)c5F)CC4)nc3c2)cn1. The maximum Gasteiger partial charge on any atom is 0.254 e. The van der Waals surface area contributed by atoms with E-state index in [4.69, 9.17) is 10.2 Å². The first-order chi connectivity index (χ1) is 16.8. The number of aromatic hydroxyl groups is 1. The van der Waals surface area contributed by atoms with E-state index in [0.717, 1.165) is 47.7 Å². The zero-order valence-corrected chi connectivity index (χ0v) is 19.0. The standard InChI is InChI=1S/C25H24F3N5O2/c1-32-12-17(11-30-32)15-4-5-16-13-33(31-21(16)8-15)18-6-2-14(3-7-18)10-29-25(35)19-9-20(26)24(34)23(28)22(19)27/h4-5,8-9,11-14,18,34H,2-3,6-7,10H2,1H3,(H,29,35)/t14-,18-. The van der Waals surface area contributed by atoms with Gasteiger partial charge in [-0.3, -0.25) is 14.2 Å². The summed E-state index contributed by atoms with van der Waals surface area (Å²) in [5.41, 5.74) is 2.24. The molecule has 10 heteroatoms. The fraction of sp³-hybridized carbons (Fsp3) is 0.320. The fourth-order valence-electron chi connectivity index (χ4n) is 4.67. The molecule has 0 unspecified atom stereocenters. The Labute approximate surface area is 199 Å². The molecule has 2 aromatic carbocycles. The first-order valence-corrected chi connectivity index (χ1v) is 11.4. The molecule has 5 rings (SSSR count). The van der Waals surface area contributed by atoms with Crippen LogP contribution in [0.1, 0.15) is 42.1 Å². The predicted molar refractivity (Wildman–Crippen MR) is 123 cm³/mol. The Morgan fingerprint density at radius 1 is 1.09 bits per heavy atom. The normalized spacial score (nSPS) is 18.2. The van der Waals surface area contributed by atoms with Gasteiger partial charge in [0.2, 0.25) is 5.82 Å². The molecular weight excluding hydrogens is 459 g/mol. The molecule has 0 radical (unpaired) electrons. The van der Waals surface area contributed by atoms with E-state index in [1.54, 1.807) is 4.68 Å². The summed E-state index contributed by atoms with van der Waals surface area (Å²) in [7, 11) is 1.88. The van der Waals surface area contributed by atoms with Gasteiger partial charge in [-0.15, -0.1) is 0 Å². The highest BCUT2D eigenvalue weighted by Gasteiger charge is 2.26. The Balaban J connectivity index is 1.19. The summed E-state index contributed by atoms with van der Waals surface area (Å²) < 4.78 is 44.8.